The van der Waals surface area contributed by atoms with Gasteiger partial charge in [-0.05, 0) is 98.0 Å². The number of anilines is 3. The summed E-state index contributed by atoms with van der Waals surface area (Å²) in [6, 6.07) is 55.1. The van der Waals surface area contributed by atoms with Crippen LogP contribution in [0.15, 0.2) is 156 Å². The van der Waals surface area contributed by atoms with Crippen LogP contribution >= 0.6 is 0 Å². The first-order chi connectivity index (χ1) is 22.0. The van der Waals surface area contributed by atoms with Gasteiger partial charge in [-0.15, -0.1) is 0 Å². The van der Waals surface area contributed by atoms with Crippen molar-refractivity contribution >= 4 is 68.2 Å². The largest absolute Gasteiger partial charge is 0.456 e. The molecule has 0 bridgehead atoms. The third kappa shape index (κ3) is 4.08. The van der Waals surface area contributed by atoms with Crippen LogP contribution in [0.1, 0.15) is 0 Å². The normalized spacial score (nSPS) is 13.3. The highest BCUT2D eigenvalue weighted by molar-refractivity contribution is 7.04. The average molecular weight is 594 g/mol. The molecule has 8 aromatic rings. The van der Waals surface area contributed by atoms with Gasteiger partial charge in [0.1, 0.15) is 19.2 Å². The summed E-state index contributed by atoms with van der Waals surface area (Å²) in [5, 5.41) is 7.90. The number of benzene rings is 7. The first-order valence-corrected chi connectivity index (χ1v) is 18.6. The van der Waals surface area contributed by atoms with Crippen molar-refractivity contribution in [2.75, 3.05) is 4.90 Å². The highest BCUT2D eigenvalue weighted by atomic mass is 28.3. The third-order valence-corrected chi connectivity index (χ3v) is 13.2. The van der Waals surface area contributed by atoms with Crippen LogP contribution in [-0.4, -0.2) is 8.07 Å². The molecule has 0 fully saturated rings. The van der Waals surface area contributed by atoms with E-state index in [1.807, 2.05) is 6.07 Å². The van der Waals surface area contributed by atoms with Gasteiger partial charge in [0, 0.05) is 27.8 Å². The van der Waals surface area contributed by atoms with E-state index in [0.29, 0.717) is 0 Å². The minimum atomic E-state index is -1.98. The lowest BCUT2D eigenvalue weighted by Crippen LogP contribution is -2.49. The highest BCUT2D eigenvalue weighted by Gasteiger charge is 2.38. The van der Waals surface area contributed by atoms with Gasteiger partial charge in [0.2, 0.25) is 0 Å². The number of hydrogen-bond acceptors (Lipinski definition) is 2. The van der Waals surface area contributed by atoms with Crippen molar-refractivity contribution in [2.45, 2.75) is 13.1 Å². The fourth-order valence-electron chi connectivity index (χ4n) is 7.28. The van der Waals surface area contributed by atoms with Crippen molar-refractivity contribution in [1.29, 1.82) is 0 Å². The van der Waals surface area contributed by atoms with Crippen molar-refractivity contribution in [3.8, 4) is 22.3 Å². The number of fused-ring (bicyclic) bond motifs is 7. The summed E-state index contributed by atoms with van der Waals surface area (Å²) in [4.78, 5) is 2.39. The molecule has 0 saturated carbocycles. The Balaban J connectivity index is 1.15. The summed E-state index contributed by atoms with van der Waals surface area (Å²) in [7, 11) is -1.98. The van der Waals surface area contributed by atoms with Gasteiger partial charge >= 0.3 is 0 Å². The van der Waals surface area contributed by atoms with Crippen LogP contribution in [0, 0.1) is 0 Å². The standard InChI is InChI=1S/C42H31NOSi/c1-45(2)41-25-34(22-23-36(41)38-26-40-37(27-42(38)45)35-14-8-9-15-39(35)44-40)43(32-12-4-3-5-13-32)33-20-18-29(19-21-33)31-17-16-28-10-6-7-11-30(28)24-31/h3-27H,1-2H3. The smallest absolute Gasteiger partial charge is 0.136 e. The lowest BCUT2D eigenvalue weighted by Gasteiger charge is -2.27. The van der Waals surface area contributed by atoms with Crippen LogP contribution in [0.3, 0.4) is 0 Å². The van der Waals surface area contributed by atoms with Gasteiger partial charge in [-0.1, -0.05) is 110 Å². The summed E-state index contributed by atoms with van der Waals surface area (Å²) >= 11 is 0. The van der Waals surface area contributed by atoms with E-state index in [-0.39, 0.29) is 0 Å². The first-order valence-electron chi connectivity index (χ1n) is 15.6. The summed E-state index contributed by atoms with van der Waals surface area (Å²) in [5.74, 6) is 0. The molecule has 0 atom stereocenters. The number of hydrogen-bond donors (Lipinski definition) is 0. The molecule has 0 spiro atoms. The second-order valence-corrected chi connectivity index (χ2v) is 17.0. The molecule has 214 valence electrons. The molecule has 45 heavy (non-hydrogen) atoms. The molecule has 3 heteroatoms. The van der Waals surface area contributed by atoms with Gasteiger partial charge in [0.15, 0.2) is 0 Å². The number of nitrogens with zero attached hydrogens (tertiary/aromatic N) is 1. The van der Waals surface area contributed by atoms with E-state index in [9.17, 15) is 0 Å². The zero-order chi connectivity index (χ0) is 30.1. The van der Waals surface area contributed by atoms with Crippen LogP contribution in [0.4, 0.5) is 17.1 Å². The van der Waals surface area contributed by atoms with Crippen molar-refractivity contribution < 1.29 is 4.42 Å². The second kappa shape index (κ2) is 9.81. The number of furan rings is 1. The van der Waals surface area contributed by atoms with Crippen LogP contribution in [0.2, 0.25) is 13.1 Å². The van der Waals surface area contributed by atoms with E-state index in [1.54, 1.807) is 0 Å². The van der Waals surface area contributed by atoms with Crippen LogP contribution < -0.4 is 15.3 Å². The molecule has 0 radical (unpaired) electrons. The molecule has 0 aliphatic carbocycles. The van der Waals surface area contributed by atoms with E-state index >= 15 is 0 Å². The quantitative estimate of drug-likeness (QED) is 0.189. The van der Waals surface area contributed by atoms with Crippen molar-refractivity contribution in [3.05, 3.63) is 152 Å². The first kappa shape index (κ1) is 26.1. The Hall–Kier alpha value is -5.38. The average Bonchev–Trinajstić information content (AvgIpc) is 3.56. The summed E-state index contributed by atoms with van der Waals surface area (Å²) < 4.78 is 6.31. The molecule has 9 rings (SSSR count). The third-order valence-electron chi connectivity index (χ3n) is 9.64. The van der Waals surface area contributed by atoms with Gasteiger partial charge in [-0.3, -0.25) is 0 Å². The van der Waals surface area contributed by atoms with Crippen LogP contribution in [0.5, 0.6) is 0 Å². The fraction of sp³-hybridized carbons (Fsp3) is 0.0476. The molecule has 2 nitrogen and oxygen atoms in total. The topological polar surface area (TPSA) is 16.4 Å². The Labute approximate surface area is 263 Å². The maximum Gasteiger partial charge on any atom is 0.136 e. The van der Waals surface area contributed by atoms with Crippen molar-refractivity contribution in [2.24, 2.45) is 0 Å². The Morgan fingerprint density at radius 2 is 1.11 bits per heavy atom. The van der Waals surface area contributed by atoms with Crippen LogP contribution in [-0.2, 0) is 0 Å². The molecular formula is C42H31NOSi. The van der Waals surface area contributed by atoms with Gasteiger partial charge < -0.3 is 9.32 Å². The Morgan fingerprint density at radius 1 is 0.444 bits per heavy atom. The summed E-state index contributed by atoms with van der Waals surface area (Å²) in [6.45, 7) is 4.97. The molecule has 0 unspecified atom stereocenters. The van der Waals surface area contributed by atoms with Crippen molar-refractivity contribution in [1.82, 2.24) is 0 Å². The molecule has 2 heterocycles. The SMILES string of the molecule is C[Si]1(C)c2cc(N(c3ccccc3)c3ccc(-c4ccc5ccccc5c4)cc3)ccc2-c2cc3oc4ccccc4c3cc21. The van der Waals surface area contributed by atoms with Gasteiger partial charge in [0.05, 0.1) is 0 Å². The minimum absolute atomic E-state index is 0.955. The van der Waals surface area contributed by atoms with E-state index in [4.69, 9.17) is 4.42 Å². The maximum absolute atomic E-state index is 6.31. The molecule has 1 aliphatic heterocycles. The number of para-hydroxylation sites is 2. The van der Waals surface area contributed by atoms with E-state index in [1.165, 1.54) is 59.9 Å². The second-order valence-electron chi connectivity index (χ2n) is 12.6. The number of rotatable bonds is 4. The van der Waals surface area contributed by atoms with Crippen LogP contribution in [0.25, 0.3) is 55.0 Å². The summed E-state index contributed by atoms with van der Waals surface area (Å²) in [6.07, 6.45) is 0. The van der Waals surface area contributed by atoms with E-state index in [0.717, 1.165) is 22.5 Å². The Morgan fingerprint density at radius 3 is 1.96 bits per heavy atom. The molecule has 0 N–H and O–H groups in total. The lowest BCUT2D eigenvalue weighted by molar-refractivity contribution is 0.669. The molecule has 1 aromatic heterocycles. The minimum Gasteiger partial charge on any atom is -0.456 e. The van der Waals surface area contributed by atoms with Gasteiger partial charge in [0.25, 0.3) is 0 Å². The molecule has 0 saturated heterocycles. The predicted octanol–water partition coefficient (Wildman–Crippen LogP) is 10.7. The molecule has 1 aliphatic rings. The monoisotopic (exact) mass is 593 g/mol. The van der Waals surface area contributed by atoms with Gasteiger partial charge in [-0.2, -0.15) is 0 Å². The Bertz CT molecular complexity index is 2400. The Kier molecular flexibility index (Phi) is 5.68. The van der Waals surface area contributed by atoms with E-state index < -0.39 is 8.07 Å². The molecule has 0 amide bonds. The van der Waals surface area contributed by atoms with Gasteiger partial charge in [-0.25, -0.2) is 0 Å². The van der Waals surface area contributed by atoms with E-state index in [2.05, 4.69) is 164 Å². The zero-order valence-corrected chi connectivity index (χ0v) is 26.3. The molecule has 7 aromatic carbocycles. The van der Waals surface area contributed by atoms with Crippen molar-refractivity contribution in [3.63, 3.8) is 0 Å². The maximum atomic E-state index is 6.31. The zero-order valence-electron chi connectivity index (χ0n) is 25.3. The predicted molar refractivity (Wildman–Crippen MR) is 194 cm³/mol. The fourth-order valence-corrected chi connectivity index (χ4v) is 10.4. The summed E-state index contributed by atoms with van der Waals surface area (Å²) in [5.41, 5.74) is 10.5. The highest BCUT2D eigenvalue weighted by Crippen LogP contribution is 2.40. The lowest BCUT2D eigenvalue weighted by atomic mass is 10.0. The molecular weight excluding hydrogens is 563 g/mol.